The molecule has 5 nitrogen and oxygen atoms in total. The Morgan fingerprint density at radius 2 is 1.95 bits per heavy atom. The fourth-order valence-electron chi connectivity index (χ4n) is 2.26. The predicted octanol–water partition coefficient (Wildman–Crippen LogP) is 1.40. The van der Waals surface area contributed by atoms with Gasteiger partial charge in [0.05, 0.1) is 6.10 Å². The molecule has 118 valence electrons. The molecule has 0 aliphatic carbocycles. The van der Waals surface area contributed by atoms with Crippen LogP contribution in [0, 0.1) is 0 Å². The Labute approximate surface area is 124 Å². The van der Waals surface area contributed by atoms with Gasteiger partial charge < -0.3 is 19.9 Å². The Balaban J connectivity index is 2.45. The molecule has 0 aromatic rings. The van der Waals surface area contributed by atoms with Gasteiger partial charge in [0.2, 0.25) is 0 Å². The van der Waals surface area contributed by atoms with Crippen molar-refractivity contribution in [1.82, 2.24) is 15.1 Å². The molecule has 0 aromatic carbocycles. The third-order valence-corrected chi connectivity index (χ3v) is 4.25. The molecule has 0 saturated carbocycles. The Kier molecular flexibility index (Phi) is 6.76. The summed E-state index contributed by atoms with van der Waals surface area (Å²) in [6, 6.07) is 0. The monoisotopic (exact) mass is 284 g/mol. The van der Waals surface area contributed by atoms with E-state index in [1.165, 1.54) is 0 Å². The molecule has 1 rings (SSSR count). The van der Waals surface area contributed by atoms with Crippen molar-refractivity contribution in [3.63, 3.8) is 0 Å². The second kappa shape index (κ2) is 7.84. The third-order valence-electron chi connectivity index (χ3n) is 4.25. The third kappa shape index (κ3) is 4.94. The van der Waals surface area contributed by atoms with Crippen molar-refractivity contribution >= 4 is 5.96 Å². The molecule has 1 saturated heterocycles. The Bertz CT molecular complexity index is 307. The van der Waals surface area contributed by atoms with Gasteiger partial charge >= 0.3 is 0 Å². The zero-order valence-corrected chi connectivity index (χ0v) is 14.1. The van der Waals surface area contributed by atoms with Crippen LogP contribution in [-0.2, 0) is 4.74 Å². The minimum absolute atomic E-state index is 0.111. The van der Waals surface area contributed by atoms with Crippen molar-refractivity contribution in [3.8, 4) is 0 Å². The lowest BCUT2D eigenvalue weighted by Crippen LogP contribution is -2.53. The summed E-state index contributed by atoms with van der Waals surface area (Å²) in [5.74, 6) is 1.01. The highest BCUT2D eigenvalue weighted by Gasteiger charge is 2.24. The SMILES string of the molecule is CCOC1CCN(C(=NC)NCC(C)(C)N(C)C)CC1. The summed E-state index contributed by atoms with van der Waals surface area (Å²) in [5.41, 5.74) is 0.111. The molecule has 1 N–H and O–H groups in total. The largest absolute Gasteiger partial charge is 0.378 e. The first-order valence-electron chi connectivity index (χ1n) is 7.65. The standard InChI is InChI=1S/C15H32N4O/c1-7-20-13-8-10-19(11-9-13)14(16-4)17-12-15(2,3)18(5)6/h13H,7-12H2,1-6H3,(H,16,17). The van der Waals surface area contributed by atoms with E-state index in [-0.39, 0.29) is 5.54 Å². The number of hydrogen-bond acceptors (Lipinski definition) is 3. The number of piperidine rings is 1. The number of ether oxygens (including phenoxy) is 1. The molecule has 0 radical (unpaired) electrons. The average molecular weight is 284 g/mol. The minimum atomic E-state index is 0.111. The highest BCUT2D eigenvalue weighted by molar-refractivity contribution is 5.80. The lowest BCUT2D eigenvalue weighted by atomic mass is 10.0. The second-order valence-electron chi connectivity index (χ2n) is 6.25. The summed E-state index contributed by atoms with van der Waals surface area (Å²) in [6.45, 7) is 10.3. The Hall–Kier alpha value is -0.810. The maximum Gasteiger partial charge on any atom is 0.193 e. The smallest absolute Gasteiger partial charge is 0.193 e. The van der Waals surface area contributed by atoms with Gasteiger partial charge in [-0.3, -0.25) is 4.99 Å². The highest BCUT2D eigenvalue weighted by atomic mass is 16.5. The first-order valence-corrected chi connectivity index (χ1v) is 7.65. The molecular weight excluding hydrogens is 252 g/mol. The van der Waals surface area contributed by atoms with Gasteiger partial charge in [-0.1, -0.05) is 0 Å². The van der Waals surface area contributed by atoms with E-state index in [4.69, 9.17) is 4.74 Å². The molecule has 5 heteroatoms. The maximum atomic E-state index is 5.70. The number of guanidine groups is 1. The number of hydrogen-bond donors (Lipinski definition) is 1. The molecule has 1 aliphatic rings. The maximum absolute atomic E-state index is 5.70. The topological polar surface area (TPSA) is 40.1 Å². The van der Waals surface area contributed by atoms with Crippen LogP contribution in [0.1, 0.15) is 33.6 Å². The molecular formula is C15H32N4O. The van der Waals surface area contributed by atoms with Crippen molar-refractivity contribution in [2.24, 2.45) is 4.99 Å². The van der Waals surface area contributed by atoms with Gasteiger partial charge in [0, 0.05) is 38.8 Å². The highest BCUT2D eigenvalue weighted by Crippen LogP contribution is 2.14. The molecule has 20 heavy (non-hydrogen) atoms. The van der Waals surface area contributed by atoms with Crippen molar-refractivity contribution in [2.45, 2.75) is 45.3 Å². The van der Waals surface area contributed by atoms with Crippen LogP contribution in [-0.4, -0.2) is 74.8 Å². The van der Waals surface area contributed by atoms with E-state index in [0.29, 0.717) is 6.10 Å². The van der Waals surface area contributed by atoms with Crippen LogP contribution in [0.3, 0.4) is 0 Å². The summed E-state index contributed by atoms with van der Waals surface area (Å²) < 4.78 is 5.70. The normalized spacial score (nSPS) is 18.8. The fourth-order valence-corrected chi connectivity index (χ4v) is 2.26. The summed E-state index contributed by atoms with van der Waals surface area (Å²) in [6.07, 6.45) is 2.60. The van der Waals surface area contributed by atoms with Gasteiger partial charge in [-0.25, -0.2) is 0 Å². The molecule has 0 bridgehead atoms. The number of nitrogens with one attached hydrogen (secondary N) is 1. The minimum Gasteiger partial charge on any atom is -0.378 e. The summed E-state index contributed by atoms with van der Waals surface area (Å²) in [7, 11) is 6.08. The molecule has 0 spiro atoms. The van der Waals surface area contributed by atoms with Gasteiger partial charge in [-0.15, -0.1) is 0 Å². The van der Waals surface area contributed by atoms with Crippen molar-refractivity contribution in [1.29, 1.82) is 0 Å². The first kappa shape index (κ1) is 17.2. The number of likely N-dealkylation sites (N-methyl/N-ethyl adjacent to an activating group) is 1. The average Bonchev–Trinajstić information content (AvgIpc) is 2.41. The zero-order chi connectivity index (χ0) is 15.2. The van der Waals surface area contributed by atoms with E-state index in [1.807, 2.05) is 7.05 Å². The van der Waals surface area contributed by atoms with E-state index < -0.39 is 0 Å². The summed E-state index contributed by atoms with van der Waals surface area (Å²) >= 11 is 0. The van der Waals surface area contributed by atoms with E-state index in [1.54, 1.807) is 0 Å². The number of nitrogens with zero attached hydrogens (tertiary/aromatic N) is 3. The van der Waals surface area contributed by atoms with Gasteiger partial charge in [0.25, 0.3) is 0 Å². The Morgan fingerprint density at radius 3 is 2.40 bits per heavy atom. The lowest BCUT2D eigenvalue weighted by molar-refractivity contribution is 0.0262. The molecule has 0 unspecified atom stereocenters. The number of rotatable bonds is 5. The zero-order valence-electron chi connectivity index (χ0n) is 14.1. The van der Waals surface area contributed by atoms with Gasteiger partial charge in [0.1, 0.15) is 0 Å². The quantitative estimate of drug-likeness (QED) is 0.612. The second-order valence-corrected chi connectivity index (χ2v) is 6.25. The predicted molar refractivity (Wildman–Crippen MR) is 85.3 cm³/mol. The molecule has 0 amide bonds. The lowest BCUT2D eigenvalue weighted by Gasteiger charge is -2.37. The van der Waals surface area contributed by atoms with Crippen LogP contribution < -0.4 is 5.32 Å². The van der Waals surface area contributed by atoms with Gasteiger partial charge in [-0.2, -0.15) is 0 Å². The molecule has 1 fully saturated rings. The Morgan fingerprint density at radius 1 is 1.35 bits per heavy atom. The van der Waals surface area contributed by atoms with Crippen LogP contribution in [0.25, 0.3) is 0 Å². The van der Waals surface area contributed by atoms with Crippen molar-refractivity contribution in [2.75, 3.05) is 47.4 Å². The number of likely N-dealkylation sites (tertiary alicyclic amines) is 1. The van der Waals surface area contributed by atoms with Crippen molar-refractivity contribution in [3.05, 3.63) is 0 Å². The van der Waals surface area contributed by atoms with Gasteiger partial charge in [-0.05, 0) is 47.7 Å². The van der Waals surface area contributed by atoms with E-state index in [0.717, 1.165) is 45.0 Å². The van der Waals surface area contributed by atoms with Crippen LogP contribution in [0.2, 0.25) is 0 Å². The molecule has 0 aromatic heterocycles. The fraction of sp³-hybridized carbons (Fsp3) is 0.933. The molecule has 1 heterocycles. The van der Waals surface area contributed by atoms with Gasteiger partial charge in [0.15, 0.2) is 5.96 Å². The van der Waals surface area contributed by atoms with Crippen LogP contribution in [0.5, 0.6) is 0 Å². The van der Waals surface area contributed by atoms with Crippen LogP contribution in [0.15, 0.2) is 4.99 Å². The van der Waals surface area contributed by atoms with Crippen LogP contribution >= 0.6 is 0 Å². The van der Waals surface area contributed by atoms with E-state index in [2.05, 4.69) is 55.0 Å². The summed E-state index contributed by atoms with van der Waals surface area (Å²) in [5, 5.41) is 3.50. The van der Waals surface area contributed by atoms with Crippen LogP contribution in [0.4, 0.5) is 0 Å². The summed E-state index contributed by atoms with van der Waals surface area (Å²) in [4.78, 5) is 8.98. The van der Waals surface area contributed by atoms with E-state index >= 15 is 0 Å². The molecule has 0 atom stereocenters. The number of aliphatic imine (C=N–C) groups is 1. The van der Waals surface area contributed by atoms with E-state index in [9.17, 15) is 0 Å². The van der Waals surface area contributed by atoms with Crippen molar-refractivity contribution < 1.29 is 4.74 Å². The first-order chi connectivity index (χ1) is 9.40. The molecule has 1 aliphatic heterocycles.